The van der Waals surface area contributed by atoms with Crippen molar-refractivity contribution < 1.29 is 63.1 Å². The highest BCUT2D eigenvalue weighted by Gasteiger charge is 2.51. The standard InChI is InChI=1S/C29H53O13P/c1-3-4-5-6-7-8-9-10-11-12-13-14-15-16-17-18-23(31)41-22(19-39-21(2)30)20-40-43(37,38)42-29-27(35)25(33)24(32)26(34)28(29)36/h10-11,22,24-29,32-36H,3-9,12-20H2,1-2H3,(H,37,38)/b11-10-. The maximum atomic E-state index is 12.4. The van der Waals surface area contributed by atoms with Crippen molar-refractivity contribution in [3.63, 3.8) is 0 Å². The van der Waals surface area contributed by atoms with E-state index in [1.165, 1.54) is 38.5 Å². The quantitative estimate of drug-likeness (QED) is 0.0411. The number of carbonyl (C=O) groups excluding carboxylic acids is 2. The van der Waals surface area contributed by atoms with E-state index >= 15 is 0 Å². The number of unbranched alkanes of at least 4 members (excludes halogenated alkanes) is 11. The van der Waals surface area contributed by atoms with E-state index in [9.17, 15) is 44.6 Å². The van der Waals surface area contributed by atoms with Crippen LogP contribution in [0, 0.1) is 0 Å². The Kier molecular flexibility index (Phi) is 20.4. The minimum absolute atomic E-state index is 0.0839. The van der Waals surface area contributed by atoms with E-state index in [1.54, 1.807) is 0 Å². The van der Waals surface area contributed by atoms with Gasteiger partial charge in [-0.25, -0.2) is 4.57 Å². The Morgan fingerprint density at radius 2 is 1.23 bits per heavy atom. The van der Waals surface area contributed by atoms with Crippen molar-refractivity contribution in [2.24, 2.45) is 0 Å². The van der Waals surface area contributed by atoms with Gasteiger partial charge in [0.05, 0.1) is 6.61 Å². The number of rotatable bonds is 23. The third-order valence-electron chi connectivity index (χ3n) is 7.16. The molecule has 0 aliphatic heterocycles. The van der Waals surface area contributed by atoms with Gasteiger partial charge in [0.1, 0.15) is 43.2 Å². The summed E-state index contributed by atoms with van der Waals surface area (Å²) in [6, 6.07) is 0. The fourth-order valence-corrected chi connectivity index (χ4v) is 5.57. The number of carbonyl (C=O) groups is 2. The SMILES string of the molecule is CCCCCCCC/C=C\CCCCCCCC(=O)OC(COC(C)=O)COP(=O)(O)OC1C(O)C(O)C(O)C(O)C1O. The Morgan fingerprint density at radius 3 is 1.77 bits per heavy atom. The first-order chi connectivity index (χ1) is 20.4. The van der Waals surface area contributed by atoms with Crippen molar-refractivity contribution >= 4 is 19.8 Å². The molecule has 1 saturated carbocycles. The molecule has 0 amide bonds. The molecule has 1 aliphatic rings. The molecule has 0 heterocycles. The number of hydrogen-bond acceptors (Lipinski definition) is 12. The molecule has 1 fully saturated rings. The lowest BCUT2D eigenvalue weighted by atomic mass is 9.85. The van der Waals surface area contributed by atoms with Gasteiger partial charge in [0, 0.05) is 13.3 Å². The lowest BCUT2D eigenvalue weighted by Gasteiger charge is -2.41. The fourth-order valence-electron chi connectivity index (χ4n) is 4.59. The zero-order valence-corrected chi connectivity index (χ0v) is 26.4. The van der Waals surface area contributed by atoms with Crippen LogP contribution in [0.1, 0.15) is 104 Å². The molecule has 6 atom stereocenters. The molecule has 14 heteroatoms. The number of esters is 2. The molecule has 0 bridgehead atoms. The Hall–Kier alpha value is -1.41. The smallest absolute Gasteiger partial charge is 0.462 e. The number of ether oxygens (including phenoxy) is 2. The molecule has 43 heavy (non-hydrogen) atoms. The van der Waals surface area contributed by atoms with Gasteiger partial charge in [-0.05, 0) is 32.1 Å². The largest absolute Gasteiger partial charge is 0.472 e. The third-order valence-corrected chi connectivity index (χ3v) is 8.15. The molecule has 13 nitrogen and oxygen atoms in total. The molecule has 0 radical (unpaired) electrons. The Morgan fingerprint density at radius 1 is 0.744 bits per heavy atom. The summed E-state index contributed by atoms with van der Waals surface area (Å²) in [7, 11) is -5.07. The third kappa shape index (κ3) is 17.0. The molecular weight excluding hydrogens is 587 g/mol. The average Bonchev–Trinajstić information content (AvgIpc) is 2.96. The van der Waals surface area contributed by atoms with Crippen molar-refractivity contribution in [1.82, 2.24) is 0 Å². The van der Waals surface area contributed by atoms with Crippen LogP contribution in [-0.4, -0.2) is 98.3 Å². The Labute approximate surface area is 254 Å². The maximum Gasteiger partial charge on any atom is 0.472 e. The monoisotopic (exact) mass is 640 g/mol. The molecule has 6 N–H and O–H groups in total. The van der Waals surface area contributed by atoms with Gasteiger partial charge in [-0.2, -0.15) is 0 Å². The molecule has 1 rings (SSSR count). The van der Waals surface area contributed by atoms with Gasteiger partial charge in [0.2, 0.25) is 0 Å². The lowest BCUT2D eigenvalue weighted by molar-refractivity contribution is -0.220. The number of aliphatic hydroxyl groups is 5. The van der Waals surface area contributed by atoms with Crippen molar-refractivity contribution in [3.8, 4) is 0 Å². The fraction of sp³-hybridized carbons (Fsp3) is 0.862. The van der Waals surface area contributed by atoms with Gasteiger partial charge in [-0.3, -0.25) is 18.6 Å². The molecule has 1 aliphatic carbocycles. The summed E-state index contributed by atoms with van der Waals surface area (Å²) in [5, 5.41) is 49.2. The first-order valence-electron chi connectivity index (χ1n) is 15.4. The number of hydrogen-bond donors (Lipinski definition) is 6. The van der Waals surface area contributed by atoms with Crippen molar-refractivity contribution in [2.45, 2.75) is 146 Å². The molecule has 0 spiro atoms. The molecule has 0 aromatic heterocycles. The number of phosphoric acid groups is 1. The van der Waals surface area contributed by atoms with E-state index in [4.69, 9.17) is 18.5 Å². The van der Waals surface area contributed by atoms with E-state index in [2.05, 4.69) is 19.1 Å². The highest BCUT2D eigenvalue weighted by molar-refractivity contribution is 7.47. The summed E-state index contributed by atoms with van der Waals surface area (Å²) in [6.07, 6.45) is 5.83. The summed E-state index contributed by atoms with van der Waals surface area (Å²) < 4.78 is 32.1. The second-order valence-corrected chi connectivity index (χ2v) is 12.4. The maximum absolute atomic E-state index is 12.4. The van der Waals surface area contributed by atoms with Gasteiger partial charge in [0.25, 0.3) is 0 Å². The zero-order chi connectivity index (χ0) is 32.3. The number of aliphatic hydroxyl groups excluding tert-OH is 5. The van der Waals surface area contributed by atoms with Gasteiger partial charge >= 0.3 is 19.8 Å². The van der Waals surface area contributed by atoms with Gasteiger partial charge in [-0.15, -0.1) is 0 Å². The normalized spacial score (nSPS) is 26.2. The van der Waals surface area contributed by atoms with Crippen molar-refractivity contribution in [1.29, 1.82) is 0 Å². The van der Waals surface area contributed by atoms with Gasteiger partial charge in [0.15, 0.2) is 6.10 Å². The van der Waals surface area contributed by atoms with Crippen molar-refractivity contribution in [2.75, 3.05) is 13.2 Å². The molecule has 0 saturated heterocycles. The molecule has 0 aromatic rings. The number of allylic oxidation sites excluding steroid dienone is 2. The summed E-state index contributed by atoms with van der Waals surface area (Å²) in [4.78, 5) is 33.6. The highest BCUT2D eigenvalue weighted by Crippen LogP contribution is 2.47. The van der Waals surface area contributed by atoms with Crippen LogP contribution in [0.2, 0.25) is 0 Å². The first-order valence-corrected chi connectivity index (χ1v) is 16.9. The molecule has 0 aromatic carbocycles. The lowest BCUT2D eigenvalue weighted by Crippen LogP contribution is -2.64. The minimum atomic E-state index is -5.07. The van der Waals surface area contributed by atoms with Crippen LogP contribution in [0.3, 0.4) is 0 Å². The van der Waals surface area contributed by atoms with E-state index in [0.717, 1.165) is 45.4 Å². The van der Waals surface area contributed by atoms with Crippen LogP contribution < -0.4 is 0 Å². The van der Waals surface area contributed by atoms with E-state index < -0.39 is 75.7 Å². The Bertz CT molecular complexity index is 838. The van der Waals surface area contributed by atoms with Gasteiger partial charge < -0.3 is 39.9 Å². The van der Waals surface area contributed by atoms with E-state index in [0.29, 0.717) is 6.42 Å². The average molecular weight is 641 g/mol. The second-order valence-electron chi connectivity index (χ2n) is 11.0. The minimum Gasteiger partial charge on any atom is -0.462 e. The van der Waals surface area contributed by atoms with Gasteiger partial charge in [-0.1, -0.05) is 70.4 Å². The topological polar surface area (TPSA) is 210 Å². The van der Waals surface area contributed by atoms with Crippen LogP contribution in [0.25, 0.3) is 0 Å². The summed E-state index contributed by atoms with van der Waals surface area (Å²) in [5.41, 5.74) is 0. The summed E-state index contributed by atoms with van der Waals surface area (Å²) >= 11 is 0. The van der Waals surface area contributed by atoms with Crippen LogP contribution >= 0.6 is 7.82 Å². The Balaban J connectivity index is 2.35. The summed E-state index contributed by atoms with van der Waals surface area (Å²) in [5.74, 6) is -1.30. The summed E-state index contributed by atoms with van der Waals surface area (Å²) in [6.45, 7) is 2.14. The second kappa shape index (κ2) is 22.2. The zero-order valence-electron chi connectivity index (χ0n) is 25.5. The van der Waals surface area contributed by atoms with Crippen LogP contribution in [-0.2, 0) is 32.7 Å². The number of phosphoric ester groups is 1. The molecule has 252 valence electrons. The van der Waals surface area contributed by atoms with E-state index in [-0.39, 0.29) is 6.42 Å². The van der Waals surface area contributed by atoms with Crippen LogP contribution in [0.4, 0.5) is 0 Å². The van der Waals surface area contributed by atoms with Crippen LogP contribution in [0.15, 0.2) is 12.2 Å². The van der Waals surface area contributed by atoms with Crippen molar-refractivity contribution in [3.05, 3.63) is 12.2 Å². The molecular formula is C29H53O13P. The predicted octanol–water partition coefficient (Wildman–Crippen LogP) is 2.82. The van der Waals surface area contributed by atoms with E-state index in [1.807, 2.05) is 0 Å². The first kappa shape index (κ1) is 39.6. The molecule has 6 unspecified atom stereocenters. The highest BCUT2D eigenvalue weighted by atomic mass is 31.2. The predicted molar refractivity (Wildman–Crippen MR) is 157 cm³/mol. The van der Waals surface area contributed by atoms with Crippen LogP contribution in [0.5, 0.6) is 0 Å².